The summed E-state index contributed by atoms with van der Waals surface area (Å²) >= 11 is 0. The molecule has 1 unspecified atom stereocenters. The quantitative estimate of drug-likeness (QED) is 0.595. The van der Waals surface area contributed by atoms with E-state index in [1.807, 2.05) is 0 Å². The molecule has 0 saturated heterocycles. The monoisotopic (exact) mass is 176 g/mol. The van der Waals surface area contributed by atoms with Crippen LogP contribution in [-0.4, -0.2) is 5.11 Å². The third kappa shape index (κ3) is 1.13. The van der Waals surface area contributed by atoms with Crippen molar-refractivity contribution in [1.82, 2.24) is 0 Å². The minimum atomic E-state index is -1.18. The topological polar surface area (TPSA) is 20.2 Å². The Hall–Kier alpha value is -1.33. The number of terminal acetylenes is 1. The Morgan fingerprint density at radius 3 is 3.00 bits per heavy atom. The molecule has 1 nitrogen and oxygen atoms in total. The van der Waals surface area contributed by atoms with Gasteiger partial charge in [-0.15, -0.1) is 6.42 Å². The first-order valence-corrected chi connectivity index (χ1v) is 4.15. The maximum absolute atomic E-state index is 12.8. The third-order valence-electron chi connectivity index (χ3n) is 2.51. The Kier molecular flexibility index (Phi) is 1.64. The molecular weight excluding hydrogens is 167 g/mol. The minimum Gasteiger partial charge on any atom is -0.373 e. The van der Waals surface area contributed by atoms with Crippen molar-refractivity contribution in [3.05, 3.63) is 35.1 Å². The molecule has 0 saturated carbocycles. The Bertz CT molecular complexity index is 392. The molecule has 13 heavy (non-hydrogen) atoms. The van der Waals surface area contributed by atoms with Gasteiger partial charge < -0.3 is 5.11 Å². The van der Waals surface area contributed by atoms with Crippen LogP contribution in [0.5, 0.6) is 0 Å². The second kappa shape index (κ2) is 2.58. The lowest BCUT2D eigenvalue weighted by Gasteiger charge is -2.15. The predicted molar refractivity (Wildman–Crippen MR) is 47.5 cm³/mol. The molecule has 66 valence electrons. The van der Waals surface area contributed by atoms with Crippen LogP contribution < -0.4 is 0 Å². The van der Waals surface area contributed by atoms with Crippen LogP contribution in [0.1, 0.15) is 17.5 Å². The maximum Gasteiger partial charge on any atom is 0.151 e. The van der Waals surface area contributed by atoms with E-state index in [9.17, 15) is 9.50 Å². The molecule has 0 amide bonds. The fraction of sp³-hybridized carbons (Fsp3) is 0.273. The van der Waals surface area contributed by atoms with Gasteiger partial charge in [-0.1, -0.05) is 12.0 Å². The van der Waals surface area contributed by atoms with E-state index in [4.69, 9.17) is 6.42 Å². The van der Waals surface area contributed by atoms with Gasteiger partial charge in [0.15, 0.2) is 5.60 Å². The first kappa shape index (κ1) is 8.28. The Morgan fingerprint density at radius 1 is 1.54 bits per heavy atom. The van der Waals surface area contributed by atoms with Gasteiger partial charge in [0.05, 0.1) is 0 Å². The molecule has 1 aromatic rings. The van der Waals surface area contributed by atoms with E-state index < -0.39 is 5.60 Å². The zero-order valence-electron chi connectivity index (χ0n) is 7.05. The summed E-state index contributed by atoms with van der Waals surface area (Å²) in [5.41, 5.74) is 0.320. The normalized spacial score (nSPS) is 25.3. The average molecular weight is 176 g/mol. The first-order valence-electron chi connectivity index (χ1n) is 4.15. The third-order valence-corrected chi connectivity index (χ3v) is 2.51. The van der Waals surface area contributed by atoms with Crippen LogP contribution in [0.3, 0.4) is 0 Å². The van der Waals surface area contributed by atoms with E-state index in [2.05, 4.69) is 5.92 Å². The largest absolute Gasteiger partial charge is 0.373 e. The van der Waals surface area contributed by atoms with Gasteiger partial charge in [-0.2, -0.15) is 0 Å². The number of rotatable bonds is 0. The fourth-order valence-electron chi connectivity index (χ4n) is 1.77. The van der Waals surface area contributed by atoms with E-state index in [1.54, 1.807) is 6.07 Å². The van der Waals surface area contributed by atoms with Crippen molar-refractivity contribution in [2.75, 3.05) is 0 Å². The standard InChI is InChI=1S/C11H9FO/c1-2-11(13)6-5-8-7-9(12)3-4-10(8)11/h1,3-4,7,13H,5-6H2. The highest BCUT2D eigenvalue weighted by molar-refractivity contribution is 5.42. The molecule has 1 atom stereocenters. The van der Waals surface area contributed by atoms with Gasteiger partial charge in [0.25, 0.3) is 0 Å². The van der Waals surface area contributed by atoms with Crippen LogP contribution in [0.25, 0.3) is 0 Å². The SMILES string of the molecule is C#CC1(O)CCc2cc(F)ccc21. The van der Waals surface area contributed by atoms with Gasteiger partial charge in [0, 0.05) is 0 Å². The van der Waals surface area contributed by atoms with E-state index in [1.165, 1.54) is 12.1 Å². The molecule has 0 heterocycles. The molecule has 1 aliphatic rings. The van der Waals surface area contributed by atoms with E-state index in [0.29, 0.717) is 18.4 Å². The van der Waals surface area contributed by atoms with Crippen LogP contribution in [0, 0.1) is 18.2 Å². The summed E-state index contributed by atoms with van der Waals surface area (Å²) in [4.78, 5) is 0. The summed E-state index contributed by atoms with van der Waals surface area (Å²) in [5, 5.41) is 9.88. The van der Waals surface area contributed by atoms with Crippen molar-refractivity contribution in [2.45, 2.75) is 18.4 Å². The highest BCUT2D eigenvalue weighted by atomic mass is 19.1. The van der Waals surface area contributed by atoms with Gasteiger partial charge in [-0.3, -0.25) is 0 Å². The maximum atomic E-state index is 12.8. The molecule has 0 aromatic heterocycles. The number of benzene rings is 1. The van der Waals surface area contributed by atoms with Crippen molar-refractivity contribution < 1.29 is 9.50 Å². The lowest BCUT2D eigenvalue weighted by Crippen LogP contribution is -2.18. The fourth-order valence-corrected chi connectivity index (χ4v) is 1.77. The average Bonchev–Trinajstić information content (AvgIpc) is 2.45. The predicted octanol–water partition coefficient (Wildman–Crippen LogP) is 1.59. The molecule has 0 radical (unpaired) electrons. The Labute approximate surface area is 76.2 Å². The molecule has 1 aromatic carbocycles. The van der Waals surface area contributed by atoms with Gasteiger partial charge in [-0.25, -0.2) is 4.39 Å². The summed E-state index contributed by atoms with van der Waals surface area (Å²) < 4.78 is 12.8. The number of hydrogen-bond donors (Lipinski definition) is 1. The van der Waals surface area contributed by atoms with Crippen LogP contribution in [0.15, 0.2) is 18.2 Å². The number of hydrogen-bond acceptors (Lipinski definition) is 1. The van der Waals surface area contributed by atoms with Crippen LogP contribution in [0.2, 0.25) is 0 Å². The molecule has 0 fully saturated rings. The van der Waals surface area contributed by atoms with Crippen LogP contribution >= 0.6 is 0 Å². The molecular formula is C11H9FO. The summed E-state index contributed by atoms with van der Waals surface area (Å²) in [5.74, 6) is 2.07. The lowest BCUT2D eigenvalue weighted by molar-refractivity contribution is 0.103. The second-order valence-corrected chi connectivity index (χ2v) is 3.31. The number of aliphatic hydroxyl groups is 1. The molecule has 2 rings (SSSR count). The van der Waals surface area contributed by atoms with Gasteiger partial charge >= 0.3 is 0 Å². The summed E-state index contributed by atoms with van der Waals surface area (Å²) in [6.45, 7) is 0. The zero-order chi connectivity index (χ0) is 9.47. The summed E-state index contributed by atoms with van der Waals surface area (Å²) in [6.07, 6.45) is 6.36. The zero-order valence-corrected chi connectivity index (χ0v) is 7.05. The molecule has 1 aliphatic carbocycles. The summed E-state index contributed by atoms with van der Waals surface area (Å²) in [6, 6.07) is 4.33. The number of halogens is 1. The van der Waals surface area contributed by atoms with Crippen molar-refractivity contribution in [2.24, 2.45) is 0 Å². The van der Waals surface area contributed by atoms with Gasteiger partial charge in [-0.05, 0) is 36.1 Å². The highest BCUT2D eigenvalue weighted by Crippen LogP contribution is 2.36. The van der Waals surface area contributed by atoms with E-state index >= 15 is 0 Å². The smallest absolute Gasteiger partial charge is 0.151 e. The highest BCUT2D eigenvalue weighted by Gasteiger charge is 2.34. The molecule has 0 bridgehead atoms. The van der Waals surface area contributed by atoms with E-state index in [-0.39, 0.29) is 5.82 Å². The molecule has 0 spiro atoms. The molecule has 0 aliphatic heterocycles. The summed E-state index contributed by atoms with van der Waals surface area (Å²) in [7, 11) is 0. The van der Waals surface area contributed by atoms with Gasteiger partial charge in [0.2, 0.25) is 0 Å². The first-order chi connectivity index (χ1) is 6.15. The minimum absolute atomic E-state index is 0.278. The molecule has 2 heteroatoms. The number of aryl methyl sites for hydroxylation is 1. The van der Waals surface area contributed by atoms with Crippen molar-refractivity contribution in [1.29, 1.82) is 0 Å². The molecule has 1 N–H and O–H groups in total. The van der Waals surface area contributed by atoms with Crippen LogP contribution in [0.4, 0.5) is 4.39 Å². The Balaban J connectivity index is 2.57. The van der Waals surface area contributed by atoms with Gasteiger partial charge in [0.1, 0.15) is 5.82 Å². The Morgan fingerprint density at radius 2 is 2.31 bits per heavy atom. The van der Waals surface area contributed by atoms with E-state index in [0.717, 1.165) is 5.56 Å². The lowest BCUT2D eigenvalue weighted by atomic mass is 9.97. The second-order valence-electron chi connectivity index (χ2n) is 3.31. The van der Waals surface area contributed by atoms with Crippen LogP contribution in [-0.2, 0) is 12.0 Å². The van der Waals surface area contributed by atoms with Crippen molar-refractivity contribution in [3.63, 3.8) is 0 Å². The van der Waals surface area contributed by atoms with Crippen molar-refractivity contribution >= 4 is 0 Å². The van der Waals surface area contributed by atoms with Crippen molar-refractivity contribution in [3.8, 4) is 12.3 Å². The number of fused-ring (bicyclic) bond motifs is 1.